The third kappa shape index (κ3) is 3.11. The number of morpholine rings is 1. The molecule has 2 aliphatic rings. The molecule has 5 rings (SSSR count). The van der Waals surface area contributed by atoms with E-state index in [9.17, 15) is 4.79 Å². The van der Waals surface area contributed by atoms with Crippen LogP contribution in [0.5, 0.6) is 0 Å². The Morgan fingerprint density at radius 3 is 2.70 bits per heavy atom. The largest absolute Gasteiger partial charge is 0.378 e. The van der Waals surface area contributed by atoms with E-state index in [1.165, 1.54) is 10.1 Å². The van der Waals surface area contributed by atoms with Gasteiger partial charge in [0.25, 0.3) is 11.3 Å². The van der Waals surface area contributed by atoms with Crippen molar-refractivity contribution in [1.82, 2.24) is 24.5 Å². The van der Waals surface area contributed by atoms with Crippen molar-refractivity contribution >= 4 is 11.7 Å². The summed E-state index contributed by atoms with van der Waals surface area (Å²) < 4.78 is 6.87. The molecule has 1 fully saturated rings. The molecule has 8 nitrogen and oxygen atoms in total. The summed E-state index contributed by atoms with van der Waals surface area (Å²) in [6, 6.07) is 10.4. The third-order valence-corrected chi connectivity index (χ3v) is 5.27. The van der Waals surface area contributed by atoms with Crippen LogP contribution in [0.3, 0.4) is 0 Å². The van der Waals surface area contributed by atoms with Gasteiger partial charge in [0.15, 0.2) is 0 Å². The van der Waals surface area contributed by atoms with Crippen molar-refractivity contribution in [2.75, 3.05) is 37.7 Å². The number of rotatable bonds is 3. The fourth-order valence-electron chi connectivity index (χ4n) is 3.82. The van der Waals surface area contributed by atoms with Crippen LogP contribution in [0.15, 0.2) is 35.1 Å². The van der Waals surface area contributed by atoms with Gasteiger partial charge in [-0.2, -0.15) is 9.50 Å². The van der Waals surface area contributed by atoms with Gasteiger partial charge < -0.3 is 9.64 Å². The van der Waals surface area contributed by atoms with E-state index in [1.807, 2.05) is 6.07 Å². The number of nitrogens with zero attached hydrogens (tertiary/aromatic N) is 5. The van der Waals surface area contributed by atoms with E-state index < -0.39 is 0 Å². The highest BCUT2D eigenvalue weighted by Gasteiger charge is 2.24. The molecule has 0 aliphatic carbocycles. The quantitative estimate of drug-likeness (QED) is 0.739. The van der Waals surface area contributed by atoms with Crippen molar-refractivity contribution in [1.29, 1.82) is 0 Å². The minimum Gasteiger partial charge on any atom is -0.378 e. The highest BCUT2D eigenvalue weighted by atomic mass is 16.5. The first-order valence-corrected chi connectivity index (χ1v) is 9.37. The number of ether oxygens (including phenoxy) is 1. The lowest BCUT2D eigenvalue weighted by molar-refractivity contribution is 0.122. The Bertz CT molecular complexity index is 1010. The fourth-order valence-corrected chi connectivity index (χ4v) is 3.82. The van der Waals surface area contributed by atoms with Crippen LogP contribution >= 0.6 is 0 Å². The molecule has 0 saturated carbocycles. The van der Waals surface area contributed by atoms with Crippen LogP contribution < -0.4 is 10.5 Å². The van der Waals surface area contributed by atoms with Crippen molar-refractivity contribution in [3.05, 3.63) is 57.5 Å². The van der Waals surface area contributed by atoms with Crippen LogP contribution in [0.4, 0.5) is 5.95 Å². The van der Waals surface area contributed by atoms with E-state index in [0.29, 0.717) is 37.9 Å². The van der Waals surface area contributed by atoms with Gasteiger partial charge in [0.1, 0.15) is 0 Å². The van der Waals surface area contributed by atoms with E-state index in [1.54, 1.807) is 0 Å². The number of aromatic nitrogens is 4. The second kappa shape index (κ2) is 6.79. The molecule has 8 heteroatoms. The SMILES string of the molecule is O=c1c2c(nc3nc(N4CCOCC4)[nH]n13)CN(Cc1ccccc1)CC2. The molecular weight excluding hydrogens is 344 g/mol. The molecule has 3 aromatic rings. The average molecular weight is 366 g/mol. The zero-order valence-electron chi connectivity index (χ0n) is 15.1. The van der Waals surface area contributed by atoms with E-state index >= 15 is 0 Å². The van der Waals surface area contributed by atoms with Crippen LogP contribution in [0.25, 0.3) is 5.78 Å². The van der Waals surface area contributed by atoms with Crippen LogP contribution in [0.1, 0.15) is 16.8 Å². The van der Waals surface area contributed by atoms with Gasteiger partial charge in [-0.3, -0.25) is 14.8 Å². The summed E-state index contributed by atoms with van der Waals surface area (Å²) in [6.45, 7) is 5.26. The van der Waals surface area contributed by atoms with Gasteiger partial charge in [-0.25, -0.2) is 4.98 Å². The van der Waals surface area contributed by atoms with Crippen molar-refractivity contribution in [3.63, 3.8) is 0 Å². The molecule has 0 atom stereocenters. The highest BCUT2D eigenvalue weighted by Crippen LogP contribution is 2.18. The summed E-state index contributed by atoms with van der Waals surface area (Å²) in [6.07, 6.45) is 0.711. The van der Waals surface area contributed by atoms with Crippen molar-refractivity contribution in [2.24, 2.45) is 0 Å². The summed E-state index contributed by atoms with van der Waals surface area (Å²) in [4.78, 5) is 26.6. The minimum absolute atomic E-state index is 0.0265. The Hall–Kier alpha value is -2.71. The van der Waals surface area contributed by atoms with E-state index in [2.05, 4.69) is 44.1 Å². The Morgan fingerprint density at radius 2 is 1.89 bits per heavy atom. The molecule has 0 amide bonds. The molecular formula is C19H22N6O2. The molecule has 4 heterocycles. The van der Waals surface area contributed by atoms with Crippen LogP contribution in [0.2, 0.25) is 0 Å². The lowest BCUT2D eigenvalue weighted by atomic mass is 10.1. The first-order chi connectivity index (χ1) is 13.3. The van der Waals surface area contributed by atoms with Gasteiger partial charge in [0, 0.05) is 38.3 Å². The van der Waals surface area contributed by atoms with Gasteiger partial charge in [-0.15, -0.1) is 0 Å². The maximum absolute atomic E-state index is 12.9. The monoisotopic (exact) mass is 366 g/mol. The molecule has 2 aromatic heterocycles. The van der Waals surface area contributed by atoms with Gasteiger partial charge in [0.05, 0.1) is 18.9 Å². The number of hydrogen-bond acceptors (Lipinski definition) is 6. The summed E-state index contributed by atoms with van der Waals surface area (Å²) >= 11 is 0. The lowest BCUT2D eigenvalue weighted by Gasteiger charge is -2.27. The Labute approximate surface area is 156 Å². The topological polar surface area (TPSA) is 78.8 Å². The zero-order chi connectivity index (χ0) is 18.2. The van der Waals surface area contributed by atoms with Gasteiger partial charge >= 0.3 is 0 Å². The van der Waals surface area contributed by atoms with Crippen molar-refractivity contribution in [2.45, 2.75) is 19.5 Å². The molecule has 2 aliphatic heterocycles. The molecule has 1 saturated heterocycles. The number of H-pyrrole nitrogens is 1. The van der Waals surface area contributed by atoms with Crippen LogP contribution in [-0.2, 0) is 24.2 Å². The number of anilines is 1. The predicted octanol–water partition coefficient (Wildman–Crippen LogP) is 0.813. The Morgan fingerprint density at radius 1 is 1.07 bits per heavy atom. The maximum atomic E-state index is 12.9. The second-order valence-electron chi connectivity index (χ2n) is 7.07. The fraction of sp³-hybridized carbons (Fsp3) is 0.421. The molecule has 1 N–H and O–H groups in total. The molecule has 0 spiro atoms. The second-order valence-corrected chi connectivity index (χ2v) is 7.07. The van der Waals surface area contributed by atoms with Gasteiger partial charge in [0.2, 0.25) is 5.95 Å². The number of hydrogen-bond donors (Lipinski definition) is 1. The highest BCUT2D eigenvalue weighted by molar-refractivity contribution is 5.41. The van der Waals surface area contributed by atoms with Crippen LogP contribution in [0, 0.1) is 0 Å². The lowest BCUT2D eigenvalue weighted by Crippen LogP contribution is -2.37. The first kappa shape index (κ1) is 16.5. The smallest absolute Gasteiger partial charge is 0.277 e. The van der Waals surface area contributed by atoms with Crippen LogP contribution in [-0.4, -0.2) is 57.3 Å². The molecule has 140 valence electrons. The van der Waals surface area contributed by atoms with E-state index in [-0.39, 0.29) is 5.56 Å². The number of benzene rings is 1. The normalized spacial score (nSPS) is 18.0. The van der Waals surface area contributed by atoms with E-state index in [4.69, 9.17) is 9.72 Å². The predicted molar refractivity (Wildman–Crippen MR) is 101 cm³/mol. The standard InChI is InChI=1S/C19H22N6O2/c26-17-15-6-7-23(12-14-4-2-1-3-5-14)13-16(15)20-18-21-19(22-25(17)18)24-8-10-27-11-9-24/h1-5H,6-13H2,(H,20,21,22). The first-order valence-electron chi connectivity index (χ1n) is 9.37. The summed E-state index contributed by atoms with van der Waals surface area (Å²) in [5, 5.41) is 3.12. The van der Waals surface area contributed by atoms with E-state index in [0.717, 1.165) is 37.4 Å². The molecule has 0 radical (unpaired) electrons. The minimum atomic E-state index is -0.0265. The molecule has 0 unspecified atom stereocenters. The van der Waals surface area contributed by atoms with Gasteiger partial charge in [-0.05, 0) is 12.0 Å². The Kier molecular flexibility index (Phi) is 4.14. The Balaban J connectivity index is 1.44. The average Bonchev–Trinajstić information content (AvgIpc) is 3.14. The number of nitrogens with one attached hydrogen (secondary N) is 1. The number of aromatic amines is 1. The molecule has 0 bridgehead atoms. The van der Waals surface area contributed by atoms with Crippen molar-refractivity contribution in [3.8, 4) is 0 Å². The summed E-state index contributed by atoms with van der Waals surface area (Å²) in [5.41, 5.74) is 2.89. The molecule has 1 aromatic carbocycles. The summed E-state index contributed by atoms with van der Waals surface area (Å²) in [5.74, 6) is 1.13. The number of fused-ring (bicyclic) bond motifs is 2. The van der Waals surface area contributed by atoms with Gasteiger partial charge in [-0.1, -0.05) is 30.3 Å². The summed E-state index contributed by atoms with van der Waals surface area (Å²) in [7, 11) is 0. The zero-order valence-corrected chi connectivity index (χ0v) is 15.1. The molecule has 27 heavy (non-hydrogen) atoms. The van der Waals surface area contributed by atoms with Crippen molar-refractivity contribution < 1.29 is 4.74 Å². The maximum Gasteiger partial charge on any atom is 0.277 e. The third-order valence-electron chi connectivity index (χ3n) is 5.27.